The zero-order valence-corrected chi connectivity index (χ0v) is 13.9. The SMILES string of the molecule is CCOCCCN(C(=O)OC(C)(C)C)c1n[nH]c(=S)s1. The van der Waals surface area contributed by atoms with Gasteiger partial charge in [0, 0.05) is 19.8 Å². The largest absolute Gasteiger partial charge is 0.443 e. The molecule has 0 saturated carbocycles. The third-order valence-corrected chi connectivity index (χ3v) is 3.26. The van der Waals surface area contributed by atoms with Crippen molar-refractivity contribution in [2.45, 2.75) is 39.7 Å². The van der Waals surface area contributed by atoms with Gasteiger partial charge in [-0.1, -0.05) is 11.3 Å². The summed E-state index contributed by atoms with van der Waals surface area (Å²) >= 11 is 6.25. The summed E-state index contributed by atoms with van der Waals surface area (Å²) in [6, 6.07) is 0. The molecule has 1 N–H and O–H groups in total. The second-order valence-corrected chi connectivity index (χ2v) is 6.72. The summed E-state index contributed by atoms with van der Waals surface area (Å²) < 4.78 is 11.2. The van der Waals surface area contributed by atoms with Crippen molar-refractivity contribution in [2.24, 2.45) is 0 Å². The Bertz CT molecular complexity index is 479. The van der Waals surface area contributed by atoms with Gasteiger partial charge in [0.15, 0.2) is 3.95 Å². The fourth-order valence-electron chi connectivity index (χ4n) is 1.39. The fraction of sp³-hybridized carbons (Fsp3) is 0.750. The zero-order chi connectivity index (χ0) is 15.2. The van der Waals surface area contributed by atoms with Crippen LogP contribution in [0.5, 0.6) is 0 Å². The standard InChI is InChI=1S/C12H21N3O3S2/c1-5-17-8-6-7-15(9-13-14-10(19)20-9)11(16)18-12(2,3)4/h5-8H2,1-4H3,(H,14,19). The summed E-state index contributed by atoms with van der Waals surface area (Å²) in [7, 11) is 0. The van der Waals surface area contributed by atoms with Crippen LogP contribution in [0.2, 0.25) is 0 Å². The predicted octanol–water partition coefficient (Wildman–Crippen LogP) is 3.37. The Balaban J connectivity index is 2.73. The number of amides is 1. The van der Waals surface area contributed by atoms with E-state index in [1.54, 1.807) is 0 Å². The van der Waals surface area contributed by atoms with Crippen molar-refractivity contribution in [3.05, 3.63) is 3.95 Å². The molecule has 8 heteroatoms. The van der Waals surface area contributed by atoms with Crippen molar-refractivity contribution in [1.29, 1.82) is 0 Å². The number of anilines is 1. The Morgan fingerprint density at radius 1 is 1.50 bits per heavy atom. The van der Waals surface area contributed by atoms with Crippen molar-refractivity contribution in [2.75, 3.05) is 24.7 Å². The molecule has 1 aromatic heterocycles. The van der Waals surface area contributed by atoms with Crippen LogP contribution < -0.4 is 4.90 Å². The van der Waals surface area contributed by atoms with Crippen LogP contribution in [0.25, 0.3) is 0 Å². The van der Waals surface area contributed by atoms with E-state index in [1.165, 1.54) is 16.2 Å². The van der Waals surface area contributed by atoms with Crippen molar-refractivity contribution in [1.82, 2.24) is 10.2 Å². The van der Waals surface area contributed by atoms with Crippen molar-refractivity contribution in [3.8, 4) is 0 Å². The summed E-state index contributed by atoms with van der Waals surface area (Å²) in [6.07, 6.45) is 0.283. The average Bonchev–Trinajstić information content (AvgIpc) is 2.73. The van der Waals surface area contributed by atoms with E-state index in [1.807, 2.05) is 27.7 Å². The maximum atomic E-state index is 12.2. The number of aromatic nitrogens is 2. The second kappa shape index (κ2) is 7.70. The number of hydrogen-bond donors (Lipinski definition) is 1. The van der Waals surface area contributed by atoms with Gasteiger partial charge in [0.1, 0.15) is 5.60 Å². The number of hydrogen-bond acceptors (Lipinski definition) is 6. The first-order valence-corrected chi connectivity index (χ1v) is 7.69. The Hall–Kier alpha value is -0.990. The van der Waals surface area contributed by atoms with Crippen molar-refractivity contribution >= 4 is 34.8 Å². The Labute approximate surface area is 128 Å². The fourth-order valence-corrected chi connectivity index (χ4v) is 2.28. The first-order chi connectivity index (χ1) is 9.33. The summed E-state index contributed by atoms with van der Waals surface area (Å²) in [5, 5.41) is 7.23. The molecule has 1 amide bonds. The normalized spacial score (nSPS) is 11.4. The molecule has 1 rings (SSSR count). The molecule has 6 nitrogen and oxygen atoms in total. The average molecular weight is 319 g/mol. The van der Waals surface area contributed by atoms with Gasteiger partial charge in [-0.3, -0.25) is 10.00 Å². The Morgan fingerprint density at radius 2 is 2.20 bits per heavy atom. The van der Waals surface area contributed by atoms with Crippen LogP contribution in [-0.2, 0) is 9.47 Å². The monoisotopic (exact) mass is 319 g/mol. The van der Waals surface area contributed by atoms with Crippen LogP contribution in [0.1, 0.15) is 34.1 Å². The number of aromatic amines is 1. The van der Waals surface area contributed by atoms with Crippen LogP contribution >= 0.6 is 23.6 Å². The summed E-state index contributed by atoms with van der Waals surface area (Å²) in [6.45, 7) is 9.15. The molecule has 0 bridgehead atoms. The highest BCUT2D eigenvalue weighted by Gasteiger charge is 2.25. The molecule has 0 aliphatic heterocycles. The highest BCUT2D eigenvalue weighted by atomic mass is 32.1. The van der Waals surface area contributed by atoms with Crippen LogP contribution in [0.15, 0.2) is 0 Å². The van der Waals surface area contributed by atoms with E-state index in [4.69, 9.17) is 21.7 Å². The first kappa shape index (κ1) is 17.1. The molecule has 0 aromatic carbocycles. The van der Waals surface area contributed by atoms with Crippen molar-refractivity contribution < 1.29 is 14.3 Å². The van der Waals surface area contributed by atoms with Crippen LogP contribution in [0.3, 0.4) is 0 Å². The number of nitrogens with one attached hydrogen (secondary N) is 1. The molecule has 0 spiro atoms. The van der Waals surface area contributed by atoms with Gasteiger partial charge in [0.25, 0.3) is 0 Å². The predicted molar refractivity (Wildman–Crippen MR) is 82.0 cm³/mol. The summed E-state index contributed by atoms with van der Waals surface area (Å²) in [5.74, 6) is 0. The summed E-state index contributed by atoms with van der Waals surface area (Å²) in [5.41, 5.74) is -0.549. The maximum absolute atomic E-state index is 12.2. The number of ether oxygens (including phenoxy) is 2. The molecule has 0 aliphatic carbocycles. The smallest absolute Gasteiger partial charge is 0.416 e. The van der Waals surface area contributed by atoms with E-state index in [2.05, 4.69) is 10.2 Å². The first-order valence-electron chi connectivity index (χ1n) is 6.47. The second-order valence-electron chi connectivity index (χ2n) is 5.08. The number of rotatable bonds is 6. The van der Waals surface area contributed by atoms with Gasteiger partial charge >= 0.3 is 6.09 Å². The number of H-pyrrole nitrogens is 1. The van der Waals surface area contributed by atoms with Gasteiger partial charge in [-0.25, -0.2) is 4.79 Å². The van der Waals surface area contributed by atoms with Gasteiger partial charge in [0.05, 0.1) is 0 Å². The maximum Gasteiger partial charge on any atom is 0.416 e. The molecule has 0 atom stereocenters. The van der Waals surface area contributed by atoms with E-state index in [0.29, 0.717) is 35.3 Å². The van der Waals surface area contributed by atoms with Gasteiger partial charge < -0.3 is 9.47 Å². The van der Waals surface area contributed by atoms with Crippen LogP contribution in [0.4, 0.5) is 9.93 Å². The summed E-state index contributed by atoms with van der Waals surface area (Å²) in [4.78, 5) is 13.7. The molecule has 1 heterocycles. The number of carbonyl (C=O) groups excluding carboxylic acids is 1. The highest BCUT2D eigenvalue weighted by Crippen LogP contribution is 2.21. The minimum absolute atomic E-state index is 0.424. The number of nitrogens with zero attached hydrogens (tertiary/aromatic N) is 2. The third-order valence-electron chi connectivity index (χ3n) is 2.15. The van der Waals surface area contributed by atoms with E-state index in [9.17, 15) is 4.79 Å². The molecule has 0 fully saturated rings. The van der Waals surface area contributed by atoms with Crippen LogP contribution in [0, 0.1) is 3.95 Å². The van der Waals surface area contributed by atoms with Gasteiger partial charge in [-0.2, -0.15) is 0 Å². The minimum Gasteiger partial charge on any atom is -0.443 e. The van der Waals surface area contributed by atoms with E-state index < -0.39 is 11.7 Å². The Morgan fingerprint density at radius 3 is 2.70 bits per heavy atom. The Kier molecular flexibility index (Phi) is 6.57. The molecule has 0 aliphatic rings. The third kappa shape index (κ3) is 5.98. The quantitative estimate of drug-likeness (QED) is 0.643. The van der Waals surface area contributed by atoms with Gasteiger partial charge in [0.2, 0.25) is 5.13 Å². The van der Waals surface area contributed by atoms with Crippen LogP contribution in [-0.4, -0.2) is 41.7 Å². The van der Waals surface area contributed by atoms with Crippen molar-refractivity contribution in [3.63, 3.8) is 0 Å². The molecule has 1 aromatic rings. The lowest BCUT2D eigenvalue weighted by molar-refractivity contribution is 0.0575. The van der Waals surface area contributed by atoms with Gasteiger partial charge in [-0.15, -0.1) is 5.10 Å². The molecule has 114 valence electrons. The lowest BCUT2D eigenvalue weighted by atomic mass is 10.2. The number of carbonyl (C=O) groups is 1. The van der Waals surface area contributed by atoms with E-state index in [-0.39, 0.29) is 0 Å². The molecule has 0 radical (unpaired) electrons. The molecular weight excluding hydrogens is 298 g/mol. The molecule has 20 heavy (non-hydrogen) atoms. The highest BCUT2D eigenvalue weighted by molar-refractivity contribution is 7.73. The minimum atomic E-state index is -0.549. The molecule has 0 unspecified atom stereocenters. The lowest BCUT2D eigenvalue weighted by Gasteiger charge is -2.25. The molecule has 0 saturated heterocycles. The topological polar surface area (TPSA) is 67.4 Å². The van der Waals surface area contributed by atoms with E-state index in [0.717, 1.165) is 0 Å². The van der Waals surface area contributed by atoms with Gasteiger partial charge in [-0.05, 0) is 46.3 Å². The molecular formula is C12H21N3O3S2. The van der Waals surface area contributed by atoms with E-state index >= 15 is 0 Å². The zero-order valence-electron chi connectivity index (χ0n) is 12.3. The lowest BCUT2D eigenvalue weighted by Crippen LogP contribution is -2.37.